The third kappa shape index (κ3) is 14.1. The Morgan fingerprint density at radius 1 is 0.519 bits per heavy atom. The molecule has 19 heteroatoms. The summed E-state index contributed by atoms with van der Waals surface area (Å²) in [7, 11) is 0.710. The van der Waals surface area contributed by atoms with Crippen molar-refractivity contribution in [2.75, 3.05) is 27.2 Å². The molecule has 4 rings (SSSR count). The molecule has 0 aromatic heterocycles. The van der Waals surface area contributed by atoms with Gasteiger partial charge in [0, 0.05) is 114 Å². The first-order valence-electron chi connectivity index (χ1n) is 15.1. The number of nitrogens with zero attached hydrogens (tertiary/aromatic N) is 1. The summed E-state index contributed by atoms with van der Waals surface area (Å²) >= 11 is 81.3. The van der Waals surface area contributed by atoms with Crippen molar-refractivity contribution < 1.29 is 17.1 Å². The van der Waals surface area contributed by atoms with Crippen LogP contribution >= 0.6 is 137 Å². The van der Waals surface area contributed by atoms with Gasteiger partial charge in [-0.1, -0.05) is 106 Å². The molecule has 1 radical (unpaired) electrons. The molecule has 4 aromatic carbocycles. The van der Waals surface area contributed by atoms with E-state index in [4.69, 9.17) is 92.8 Å². The molecule has 0 saturated heterocycles. The van der Waals surface area contributed by atoms with Crippen molar-refractivity contribution in [3.8, 4) is 0 Å². The molecule has 54 heavy (non-hydrogen) atoms. The fraction of sp³-hybridized carbons (Fsp3) is 0.229. The van der Waals surface area contributed by atoms with Crippen molar-refractivity contribution in [3.63, 3.8) is 0 Å². The Hall–Kier alpha value is 0.479. The van der Waals surface area contributed by atoms with Crippen LogP contribution in [0.15, 0.2) is 48.5 Å². The van der Waals surface area contributed by atoms with E-state index >= 15 is 0 Å². The molecule has 2 N–H and O–H groups in total. The van der Waals surface area contributed by atoms with Gasteiger partial charge in [-0.2, -0.15) is 0 Å². The minimum atomic E-state index is -2.95. The normalized spacial score (nSPS) is 10.5. The van der Waals surface area contributed by atoms with Gasteiger partial charge >= 0.3 is 17.1 Å². The van der Waals surface area contributed by atoms with Gasteiger partial charge in [0.2, 0.25) is 0 Å². The minimum Gasteiger partial charge on any atom is -0.412 e. The Labute approximate surface area is 402 Å². The van der Waals surface area contributed by atoms with Crippen LogP contribution in [0, 0.1) is 27.7 Å². The Bertz CT molecular complexity index is 1770. The molecule has 0 aliphatic carbocycles. The molecular weight excluding hydrogens is 1020 g/mol. The number of halogens is 8. The molecular formula is C35H32Cl8MnN3PS6. The van der Waals surface area contributed by atoms with E-state index in [2.05, 4.69) is 85.2 Å². The van der Waals surface area contributed by atoms with Crippen molar-refractivity contribution in [2.24, 2.45) is 0 Å². The Morgan fingerprint density at radius 3 is 0.889 bits per heavy atom. The first-order chi connectivity index (χ1) is 24.6. The first kappa shape index (κ1) is 52.5. The van der Waals surface area contributed by atoms with Crippen LogP contribution in [0.25, 0.3) is 0 Å². The van der Waals surface area contributed by atoms with Crippen molar-refractivity contribution in [1.82, 2.24) is 15.5 Å². The molecule has 0 fully saturated rings. The molecule has 0 spiro atoms. The molecule has 0 unspecified atom stereocenters. The van der Waals surface area contributed by atoms with E-state index in [1.165, 1.54) is 0 Å². The smallest absolute Gasteiger partial charge is 0.412 e. The molecule has 4 aromatic rings. The molecule has 3 nitrogen and oxygen atoms in total. The maximum atomic E-state index is 6.77. The van der Waals surface area contributed by atoms with E-state index in [-0.39, 0.29) is 17.1 Å². The van der Waals surface area contributed by atoms with Gasteiger partial charge in [0.15, 0.2) is 0 Å². The predicted octanol–water partition coefficient (Wildman–Crippen LogP) is 11.0. The van der Waals surface area contributed by atoms with Gasteiger partial charge in [-0.3, -0.25) is 0 Å². The van der Waals surface area contributed by atoms with Crippen LogP contribution in [-0.2, 0) is 55.0 Å². The van der Waals surface area contributed by atoms with Crippen LogP contribution in [-0.4, -0.2) is 45.0 Å². The van der Waals surface area contributed by atoms with Crippen molar-refractivity contribution in [1.29, 1.82) is 0 Å². The molecule has 0 aliphatic rings. The summed E-state index contributed by atoms with van der Waals surface area (Å²) < 4.78 is 1.25. The average Bonchev–Trinajstić information content (AvgIpc) is 3.04. The van der Waals surface area contributed by atoms with Crippen molar-refractivity contribution in [3.05, 3.63) is 111 Å². The first-order valence-corrected chi connectivity index (χ1v) is 22.3. The number of benzene rings is 4. The predicted molar refractivity (Wildman–Crippen MR) is 260 cm³/mol. The maximum absolute atomic E-state index is 6.77. The van der Waals surface area contributed by atoms with E-state index in [0.29, 0.717) is 66.2 Å². The number of hydrogen-bond acceptors (Lipinski definition) is 6. The standard InChI is InChI=1S/C28H20Cl8P.C4H8N2S4.C3H7NS2.Mn/c1-13-21(33)5-17(29)9-25(13)37(26-10-18(30)6-22(34)14(26)2,27-11-19(31)7-23(35)15(27)3)28-12-20(32)8-24(36)16(28)4;7-3(8)5-1-2-6-4(9)10;1-4(2)3(5)6;/h5-12H,1-4H3;1-2H2,(H2,5,7,8)(H2,6,9,10);1-2H3,(H,5,6);/q+1;;;+2/p-3. The van der Waals surface area contributed by atoms with Gasteiger partial charge in [-0.25, -0.2) is 0 Å². The summed E-state index contributed by atoms with van der Waals surface area (Å²) in [5.74, 6) is 0. The molecule has 291 valence electrons. The van der Waals surface area contributed by atoms with Crippen LogP contribution in [0.5, 0.6) is 0 Å². The van der Waals surface area contributed by atoms with Gasteiger partial charge < -0.3 is 90.1 Å². The summed E-state index contributed by atoms with van der Waals surface area (Å²) in [5.41, 5.74) is 3.39. The topological polar surface area (TPSA) is 27.3 Å². The van der Waals surface area contributed by atoms with E-state index in [1.807, 2.05) is 66.1 Å². The van der Waals surface area contributed by atoms with Crippen LogP contribution in [0.4, 0.5) is 0 Å². The summed E-state index contributed by atoms with van der Waals surface area (Å²) in [6.07, 6.45) is 0. The number of nitrogens with one attached hydrogen (secondary N) is 2. The molecule has 0 saturated carbocycles. The largest absolute Gasteiger partial charge is 2.00 e. The molecule has 0 atom stereocenters. The second-order valence-electron chi connectivity index (χ2n) is 11.4. The van der Waals surface area contributed by atoms with E-state index in [0.717, 1.165) is 43.5 Å². The van der Waals surface area contributed by atoms with E-state index in [9.17, 15) is 0 Å². The molecule has 0 aliphatic heterocycles. The number of thiocarbonyl (C=S) groups is 3. The Balaban J connectivity index is 0.000000719. The third-order valence-corrected chi connectivity index (χ3v) is 16.1. The van der Waals surface area contributed by atoms with Gasteiger partial charge in [0.1, 0.15) is 28.5 Å². The Kier molecular flexibility index (Phi) is 23.2. The maximum Gasteiger partial charge on any atom is 2.00 e. The fourth-order valence-corrected chi connectivity index (χ4v) is 13.4. The fourth-order valence-electron chi connectivity index (χ4n) is 5.03. The second kappa shape index (κ2) is 23.9. The van der Waals surface area contributed by atoms with Gasteiger partial charge in [0.05, 0.1) is 0 Å². The van der Waals surface area contributed by atoms with Crippen LogP contribution in [0.3, 0.4) is 0 Å². The SMILES string of the molecule is CN(C)C(=S)[S-].Cc1c(Cl)cc(Cl)cc1[P+](c1cc(Cl)cc(Cl)c1C)(c1cc(Cl)cc(Cl)c1C)c1cc(Cl)cc(Cl)c1C.S=C([S-])NCCNC(=S)[S-].[Mn+2]. The minimum absolute atomic E-state index is 0. The summed E-state index contributed by atoms with van der Waals surface area (Å²) in [6.45, 7) is 9.19. The average molecular weight is 1060 g/mol. The van der Waals surface area contributed by atoms with Crippen LogP contribution < -0.4 is 31.9 Å². The van der Waals surface area contributed by atoms with E-state index in [1.54, 1.807) is 29.2 Å². The number of hydrogen-bond donors (Lipinski definition) is 2. The quantitative estimate of drug-likeness (QED) is 0.0617. The zero-order valence-corrected chi connectivity index (χ0v) is 42.3. The summed E-state index contributed by atoms with van der Waals surface area (Å²) in [6, 6.07) is 14.7. The monoisotopic (exact) mass is 1050 g/mol. The van der Waals surface area contributed by atoms with Crippen LogP contribution in [0.2, 0.25) is 40.2 Å². The zero-order valence-electron chi connectivity index (χ0n) is 29.3. The summed E-state index contributed by atoms with van der Waals surface area (Å²) in [5, 5.41) is 13.2. The second-order valence-corrected chi connectivity index (χ2v) is 21.2. The van der Waals surface area contributed by atoms with Crippen LogP contribution in [0.1, 0.15) is 22.3 Å². The Morgan fingerprint density at radius 2 is 0.722 bits per heavy atom. The van der Waals surface area contributed by atoms with Gasteiger partial charge in [-0.15, -0.1) is 0 Å². The van der Waals surface area contributed by atoms with Crippen molar-refractivity contribution >= 4 is 209 Å². The van der Waals surface area contributed by atoms with Crippen molar-refractivity contribution in [2.45, 2.75) is 27.7 Å². The van der Waals surface area contributed by atoms with Gasteiger partial charge in [0.25, 0.3) is 0 Å². The van der Waals surface area contributed by atoms with Gasteiger partial charge in [-0.05, 0) is 52.0 Å². The molecule has 0 amide bonds. The number of rotatable bonds is 7. The molecule has 0 heterocycles. The third-order valence-electron chi connectivity index (χ3n) is 7.60. The van der Waals surface area contributed by atoms with E-state index < -0.39 is 7.26 Å². The summed E-state index contributed by atoms with van der Waals surface area (Å²) in [4.78, 5) is 1.71. The zero-order chi connectivity index (χ0) is 40.5. The molecule has 0 bridgehead atoms.